The Morgan fingerprint density at radius 1 is 1.25 bits per heavy atom. The molecule has 20 heavy (non-hydrogen) atoms. The molecule has 0 spiro atoms. The number of benzene rings is 1. The van der Waals surface area contributed by atoms with Gasteiger partial charge in [-0.2, -0.15) is 0 Å². The van der Waals surface area contributed by atoms with Gasteiger partial charge < -0.3 is 20.5 Å². The van der Waals surface area contributed by atoms with Crippen LogP contribution >= 0.6 is 0 Å². The molecule has 5 heteroatoms. The normalized spacial score (nSPS) is 12.2. The summed E-state index contributed by atoms with van der Waals surface area (Å²) in [5.74, 6) is -0.131. The molecule has 0 aliphatic heterocycles. The highest BCUT2D eigenvalue weighted by Gasteiger charge is 2.13. The Morgan fingerprint density at radius 3 is 2.60 bits per heavy atom. The highest BCUT2D eigenvalue weighted by molar-refractivity contribution is 5.81. The molecule has 0 heterocycles. The second-order valence-electron chi connectivity index (χ2n) is 4.66. The molecule has 1 unspecified atom stereocenters. The Kier molecular flexibility index (Phi) is 7.87. The summed E-state index contributed by atoms with van der Waals surface area (Å²) in [6, 6.07) is 7.38. The number of amides is 1. The van der Waals surface area contributed by atoms with Gasteiger partial charge in [0, 0.05) is 27.4 Å². The first-order chi connectivity index (χ1) is 9.69. The zero-order valence-corrected chi connectivity index (χ0v) is 12.2. The van der Waals surface area contributed by atoms with E-state index in [0.29, 0.717) is 26.2 Å². The number of carbonyl (C=O) groups is 1. The van der Waals surface area contributed by atoms with Crippen molar-refractivity contribution in [2.45, 2.75) is 32.0 Å². The summed E-state index contributed by atoms with van der Waals surface area (Å²) in [6.45, 7) is 1.62. The molecule has 0 aromatic heterocycles. The highest BCUT2D eigenvalue weighted by Crippen LogP contribution is 2.09. The van der Waals surface area contributed by atoms with E-state index in [1.165, 1.54) is 0 Å². The second kappa shape index (κ2) is 9.47. The van der Waals surface area contributed by atoms with Crippen LogP contribution in [0.4, 0.5) is 0 Å². The highest BCUT2D eigenvalue weighted by atomic mass is 16.5. The van der Waals surface area contributed by atoms with E-state index < -0.39 is 6.04 Å². The van der Waals surface area contributed by atoms with Crippen molar-refractivity contribution in [1.82, 2.24) is 5.32 Å². The Morgan fingerprint density at radius 2 is 1.95 bits per heavy atom. The summed E-state index contributed by atoms with van der Waals surface area (Å²) >= 11 is 0. The average molecular weight is 280 g/mol. The Bertz CT molecular complexity index is 410. The Hall–Kier alpha value is -1.43. The first kappa shape index (κ1) is 16.6. The fourth-order valence-corrected chi connectivity index (χ4v) is 1.92. The third-order valence-electron chi connectivity index (χ3n) is 3.07. The number of hydrogen-bond donors (Lipinski definition) is 2. The van der Waals surface area contributed by atoms with Gasteiger partial charge in [0.15, 0.2) is 0 Å². The van der Waals surface area contributed by atoms with Gasteiger partial charge in [-0.05, 0) is 24.0 Å². The molecule has 1 aromatic rings. The van der Waals surface area contributed by atoms with Crippen LogP contribution in [0.15, 0.2) is 24.3 Å². The van der Waals surface area contributed by atoms with Crippen molar-refractivity contribution in [3.63, 3.8) is 0 Å². The quantitative estimate of drug-likeness (QED) is 0.667. The van der Waals surface area contributed by atoms with Crippen LogP contribution in [0, 0.1) is 0 Å². The van der Waals surface area contributed by atoms with Gasteiger partial charge >= 0.3 is 0 Å². The summed E-state index contributed by atoms with van der Waals surface area (Å²) in [5.41, 5.74) is 7.95. The summed E-state index contributed by atoms with van der Waals surface area (Å²) in [7, 11) is 3.29. The standard InChI is InChI=1S/C15H24N2O3/c1-19-9-5-8-14(16)15(18)17-10-12-6-3-4-7-13(12)11-20-2/h3-4,6-7,14H,5,8-11,16H2,1-2H3,(H,17,18). The lowest BCUT2D eigenvalue weighted by atomic mass is 10.1. The van der Waals surface area contributed by atoms with E-state index in [2.05, 4.69) is 5.32 Å². The van der Waals surface area contributed by atoms with Gasteiger partial charge in [0.1, 0.15) is 0 Å². The lowest BCUT2D eigenvalue weighted by Gasteiger charge is -2.14. The third kappa shape index (κ3) is 5.69. The number of nitrogens with one attached hydrogen (secondary N) is 1. The van der Waals surface area contributed by atoms with E-state index in [1.54, 1.807) is 14.2 Å². The fraction of sp³-hybridized carbons (Fsp3) is 0.533. The molecule has 112 valence electrons. The number of hydrogen-bond acceptors (Lipinski definition) is 4. The molecule has 0 radical (unpaired) electrons. The van der Waals surface area contributed by atoms with Crippen LogP contribution < -0.4 is 11.1 Å². The predicted octanol–water partition coefficient (Wildman–Crippen LogP) is 1.20. The molecule has 0 aliphatic carbocycles. The molecule has 0 saturated heterocycles. The SMILES string of the molecule is COCCCC(N)C(=O)NCc1ccccc1COC. The number of ether oxygens (including phenoxy) is 2. The van der Waals surface area contributed by atoms with E-state index in [1.807, 2.05) is 24.3 Å². The maximum absolute atomic E-state index is 11.9. The van der Waals surface area contributed by atoms with Crippen LogP contribution in [0.25, 0.3) is 0 Å². The van der Waals surface area contributed by atoms with Crippen LogP contribution in [0.2, 0.25) is 0 Å². The van der Waals surface area contributed by atoms with E-state index in [4.69, 9.17) is 15.2 Å². The first-order valence-corrected chi connectivity index (χ1v) is 6.77. The Balaban J connectivity index is 2.44. The maximum Gasteiger partial charge on any atom is 0.237 e. The zero-order valence-electron chi connectivity index (χ0n) is 12.2. The van der Waals surface area contributed by atoms with Crippen molar-refractivity contribution < 1.29 is 14.3 Å². The minimum atomic E-state index is -0.486. The zero-order chi connectivity index (χ0) is 14.8. The monoisotopic (exact) mass is 280 g/mol. The average Bonchev–Trinajstić information content (AvgIpc) is 2.46. The van der Waals surface area contributed by atoms with Crippen LogP contribution in [-0.4, -0.2) is 32.8 Å². The number of rotatable bonds is 9. The molecule has 0 bridgehead atoms. The molecule has 1 rings (SSSR count). The van der Waals surface area contributed by atoms with E-state index in [9.17, 15) is 4.79 Å². The summed E-state index contributed by atoms with van der Waals surface area (Å²) < 4.78 is 10.1. The third-order valence-corrected chi connectivity index (χ3v) is 3.07. The van der Waals surface area contributed by atoms with E-state index in [0.717, 1.165) is 17.5 Å². The summed E-state index contributed by atoms with van der Waals surface area (Å²) in [6.07, 6.45) is 1.41. The molecule has 1 atom stereocenters. The van der Waals surface area contributed by atoms with Gasteiger partial charge in [0.2, 0.25) is 5.91 Å². The molecule has 5 nitrogen and oxygen atoms in total. The van der Waals surface area contributed by atoms with Crippen molar-refractivity contribution in [2.75, 3.05) is 20.8 Å². The van der Waals surface area contributed by atoms with Gasteiger partial charge in [-0.1, -0.05) is 24.3 Å². The van der Waals surface area contributed by atoms with E-state index in [-0.39, 0.29) is 5.91 Å². The van der Waals surface area contributed by atoms with Crippen molar-refractivity contribution in [2.24, 2.45) is 5.73 Å². The predicted molar refractivity (Wildman–Crippen MR) is 78.1 cm³/mol. The minimum absolute atomic E-state index is 0.131. The fourth-order valence-electron chi connectivity index (χ4n) is 1.92. The largest absolute Gasteiger partial charge is 0.385 e. The van der Waals surface area contributed by atoms with Crippen molar-refractivity contribution in [1.29, 1.82) is 0 Å². The summed E-state index contributed by atoms with van der Waals surface area (Å²) in [5, 5.41) is 2.86. The minimum Gasteiger partial charge on any atom is -0.385 e. The number of nitrogens with two attached hydrogens (primary N) is 1. The van der Waals surface area contributed by atoms with Crippen LogP contribution in [0.3, 0.4) is 0 Å². The molecule has 0 aliphatic rings. The van der Waals surface area contributed by atoms with Gasteiger partial charge in [-0.3, -0.25) is 4.79 Å². The van der Waals surface area contributed by atoms with Gasteiger partial charge in [-0.15, -0.1) is 0 Å². The van der Waals surface area contributed by atoms with Crippen LogP contribution in [-0.2, 0) is 27.4 Å². The molecule has 1 amide bonds. The number of methoxy groups -OCH3 is 2. The van der Waals surface area contributed by atoms with Gasteiger partial charge in [0.05, 0.1) is 12.6 Å². The molecular weight excluding hydrogens is 256 g/mol. The second-order valence-corrected chi connectivity index (χ2v) is 4.66. The Labute approximate surface area is 120 Å². The van der Waals surface area contributed by atoms with Gasteiger partial charge in [-0.25, -0.2) is 0 Å². The molecule has 0 saturated carbocycles. The molecule has 3 N–H and O–H groups in total. The van der Waals surface area contributed by atoms with Crippen molar-refractivity contribution in [3.8, 4) is 0 Å². The van der Waals surface area contributed by atoms with Crippen molar-refractivity contribution >= 4 is 5.91 Å². The lowest BCUT2D eigenvalue weighted by Crippen LogP contribution is -2.40. The lowest BCUT2D eigenvalue weighted by molar-refractivity contribution is -0.122. The maximum atomic E-state index is 11.9. The van der Waals surface area contributed by atoms with Gasteiger partial charge in [0.25, 0.3) is 0 Å². The molecule has 1 aromatic carbocycles. The van der Waals surface area contributed by atoms with E-state index >= 15 is 0 Å². The van der Waals surface area contributed by atoms with Crippen molar-refractivity contribution in [3.05, 3.63) is 35.4 Å². The van der Waals surface area contributed by atoms with Crippen LogP contribution in [0.1, 0.15) is 24.0 Å². The van der Waals surface area contributed by atoms with Crippen LogP contribution in [0.5, 0.6) is 0 Å². The number of carbonyl (C=O) groups excluding carboxylic acids is 1. The molecule has 0 fully saturated rings. The molecular formula is C15H24N2O3. The topological polar surface area (TPSA) is 73.6 Å². The first-order valence-electron chi connectivity index (χ1n) is 6.77. The summed E-state index contributed by atoms with van der Waals surface area (Å²) in [4.78, 5) is 11.9. The smallest absolute Gasteiger partial charge is 0.237 e.